The average molecular weight is 358 g/mol. The highest BCUT2D eigenvalue weighted by atomic mass is 35.5. The van der Waals surface area contributed by atoms with Crippen LogP contribution in [0.3, 0.4) is 0 Å². The van der Waals surface area contributed by atoms with Gasteiger partial charge in [0.25, 0.3) is 5.91 Å². The van der Waals surface area contributed by atoms with Gasteiger partial charge in [0, 0.05) is 36.8 Å². The number of halogens is 1. The Morgan fingerprint density at radius 3 is 2.52 bits per heavy atom. The highest BCUT2D eigenvalue weighted by Gasteiger charge is 2.19. The molecular weight excluding hydrogens is 334 g/mol. The highest BCUT2D eigenvalue weighted by molar-refractivity contribution is 6.31. The van der Waals surface area contributed by atoms with Crippen LogP contribution >= 0.6 is 11.6 Å². The Labute approximate surface area is 154 Å². The zero-order valence-corrected chi connectivity index (χ0v) is 15.7. The number of piperazine rings is 1. The van der Waals surface area contributed by atoms with Crippen LogP contribution in [0.25, 0.3) is 0 Å². The molecule has 2 aromatic rings. The van der Waals surface area contributed by atoms with Crippen molar-refractivity contribution in [3.05, 3.63) is 58.1 Å². The zero-order valence-electron chi connectivity index (χ0n) is 15.0. The van der Waals surface area contributed by atoms with Crippen molar-refractivity contribution in [1.82, 2.24) is 4.90 Å². The highest BCUT2D eigenvalue weighted by Crippen LogP contribution is 2.30. The van der Waals surface area contributed by atoms with E-state index in [1.54, 1.807) is 0 Å². The van der Waals surface area contributed by atoms with Crippen LogP contribution in [0.5, 0.6) is 0 Å². The molecule has 4 nitrogen and oxygen atoms in total. The third kappa shape index (κ3) is 3.97. The lowest BCUT2D eigenvalue weighted by atomic mass is 10.0. The normalized spacial score (nSPS) is 15.3. The number of rotatable bonds is 3. The monoisotopic (exact) mass is 357 g/mol. The number of benzene rings is 2. The van der Waals surface area contributed by atoms with Crippen molar-refractivity contribution in [3.63, 3.8) is 0 Å². The van der Waals surface area contributed by atoms with E-state index in [2.05, 4.69) is 22.2 Å². The first-order valence-electron chi connectivity index (χ1n) is 8.56. The second-order valence-corrected chi connectivity index (χ2v) is 7.09. The molecule has 0 bridgehead atoms. The summed E-state index contributed by atoms with van der Waals surface area (Å²) in [6.07, 6.45) is 0. The smallest absolute Gasteiger partial charge is 0.255 e. The van der Waals surface area contributed by atoms with Crippen molar-refractivity contribution < 1.29 is 4.79 Å². The molecule has 0 aliphatic carbocycles. The van der Waals surface area contributed by atoms with Gasteiger partial charge < -0.3 is 15.1 Å². The van der Waals surface area contributed by atoms with Gasteiger partial charge in [-0.1, -0.05) is 23.7 Å². The van der Waals surface area contributed by atoms with Gasteiger partial charge in [0.05, 0.1) is 11.4 Å². The van der Waals surface area contributed by atoms with E-state index in [1.165, 1.54) is 0 Å². The van der Waals surface area contributed by atoms with Gasteiger partial charge in [-0.05, 0) is 56.3 Å². The van der Waals surface area contributed by atoms with E-state index in [9.17, 15) is 4.79 Å². The Morgan fingerprint density at radius 1 is 1.08 bits per heavy atom. The number of hydrogen-bond donors (Lipinski definition) is 1. The number of aryl methyl sites for hydroxylation is 1. The number of amides is 1. The van der Waals surface area contributed by atoms with Crippen LogP contribution in [0.15, 0.2) is 36.4 Å². The molecule has 2 aromatic carbocycles. The van der Waals surface area contributed by atoms with Crippen molar-refractivity contribution in [2.75, 3.05) is 43.4 Å². The zero-order chi connectivity index (χ0) is 18.0. The van der Waals surface area contributed by atoms with Crippen LogP contribution in [-0.2, 0) is 0 Å². The van der Waals surface area contributed by atoms with E-state index >= 15 is 0 Å². The van der Waals surface area contributed by atoms with Crippen molar-refractivity contribution in [3.8, 4) is 0 Å². The predicted octanol–water partition coefficient (Wildman–Crippen LogP) is 3.96. The van der Waals surface area contributed by atoms with E-state index in [0.29, 0.717) is 10.6 Å². The van der Waals surface area contributed by atoms with E-state index in [1.807, 2.05) is 50.2 Å². The third-order valence-corrected chi connectivity index (χ3v) is 5.14. The summed E-state index contributed by atoms with van der Waals surface area (Å²) in [6, 6.07) is 11.5. The van der Waals surface area contributed by atoms with E-state index in [0.717, 1.165) is 48.7 Å². The van der Waals surface area contributed by atoms with Crippen molar-refractivity contribution >= 4 is 28.9 Å². The fourth-order valence-corrected chi connectivity index (χ4v) is 3.29. The molecule has 0 aromatic heterocycles. The first kappa shape index (κ1) is 17.8. The van der Waals surface area contributed by atoms with Crippen molar-refractivity contribution in [1.29, 1.82) is 0 Å². The number of likely N-dealkylation sites (N-methyl/N-ethyl adjacent to an activating group) is 1. The minimum absolute atomic E-state index is 0.0983. The maximum absolute atomic E-state index is 12.8. The van der Waals surface area contributed by atoms with Gasteiger partial charge in [0.1, 0.15) is 0 Å². The van der Waals surface area contributed by atoms with Crippen molar-refractivity contribution in [2.45, 2.75) is 13.8 Å². The third-order valence-electron chi connectivity index (χ3n) is 4.90. The van der Waals surface area contributed by atoms with Crippen LogP contribution in [0, 0.1) is 13.8 Å². The molecule has 3 rings (SSSR count). The lowest BCUT2D eigenvalue weighted by Crippen LogP contribution is -2.44. The molecule has 132 valence electrons. The largest absolute Gasteiger partial charge is 0.367 e. The summed E-state index contributed by atoms with van der Waals surface area (Å²) >= 11 is 6.19. The molecule has 5 heteroatoms. The van der Waals surface area contributed by atoms with Gasteiger partial charge in [0.2, 0.25) is 0 Å². The number of nitrogens with one attached hydrogen (secondary N) is 1. The Balaban J connectivity index is 1.87. The van der Waals surface area contributed by atoms with E-state index in [-0.39, 0.29) is 5.91 Å². The Bertz CT molecular complexity index is 783. The minimum atomic E-state index is -0.0983. The van der Waals surface area contributed by atoms with Gasteiger partial charge in [-0.2, -0.15) is 0 Å². The Morgan fingerprint density at radius 2 is 1.80 bits per heavy atom. The van der Waals surface area contributed by atoms with E-state index < -0.39 is 0 Å². The molecule has 25 heavy (non-hydrogen) atoms. The maximum atomic E-state index is 12.8. The van der Waals surface area contributed by atoms with Crippen molar-refractivity contribution in [2.24, 2.45) is 0 Å². The summed E-state index contributed by atoms with van der Waals surface area (Å²) in [5, 5.41) is 3.69. The fraction of sp³-hybridized carbons (Fsp3) is 0.350. The summed E-state index contributed by atoms with van der Waals surface area (Å²) in [5.41, 5.74) is 4.60. The number of carbonyl (C=O) groups is 1. The molecule has 1 saturated heterocycles. The molecule has 1 amide bonds. The van der Waals surface area contributed by atoms with Crippen LogP contribution in [0.2, 0.25) is 5.02 Å². The van der Waals surface area contributed by atoms with Gasteiger partial charge in [-0.15, -0.1) is 0 Å². The first-order valence-corrected chi connectivity index (χ1v) is 8.94. The molecule has 1 heterocycles. The molecule has 1 aliphatic rings. The fourth-order valence-electron chi connectivity index (χ4n) is 3.12. The molecule has 0 spiro atoms. The van der Waals surface area contributed by atoms with Gasteiger partial charge in [-0.25, -0.2) is 0 Å². The van der Waals surface area contributed by atoms with Crippen LogP contribution in [-0.4, -0.2) is 44.0 Å². The number of anilines is 2. The summed E-state index contributed by atoms with van der Waals surface area (Å²) in [5.74, 6) is -0.0983. The quantitative estimate of drug-likeness (QED) is 0.903. The summed E-state index contributed by atoms with van der Waals surface area (Å²) in [6.45, 7) is 7.87. The Kier molecular flexibility index (Phi) is 5.30. The molecule has 1 aliphatic heterocycles. The standard InChI is InChI=1S/C20H24ClN3O/c1-14-5-4-6-17(15(14)2)20(25)22-18-13-16(21)7-8-19(18)24-11-9-23(3)10-12-24/h4-8,13H,9-12H2,1-3H3,(H,22,25). The van der Waals surface area contributed by atoms with Crippen LogP contribution in [0.1, 0.15) is 21.5 Å². The first-order chi connectivity index (χ1) is 12.0. The molecule has 1 fully saturated rings. The maximum Gasteiger partial charge on any atom is 0.255 e. The predicted molar refractivity (Wildman–Crippen MR) is 105 cm³/mol. The summed E-state index contributed by atoms with van der Waals surface area (Å²) < 4.78 is 0. The molecule has 0 saturated carbocycles. The van der Waals surface area contributed by atoms with Crippen LogP contribution in [0.4, 0.5) is 11.4 Å². The molecule has 1 N–H and O–H groups in total. The van der Waals surface area contributed by atoms with Gasteiger partial charge >= 0.3 is 0 Å². The topological polar surface area (TPSA) is 35.6 Å². The molecule has 0 radical (unpaired) electrons. The van der Waals surface area contributed by atoms with Crippen LogP contribution < -0.4 is 10.2 Å². The molecule has 0 atom stereocenters. The molecule has 0 unspecified atom stereocenters. The lowest BCUT2D eigenvalue weighted by Gasteiger charge is -2.35. The van der Waals surface area contributed by atoms with E-state index in [4.69, 9.17) is 11.6 Å². The SMILES string of the molecule is Cc1cccc(C(=O)Nc2cc(Cl)ccc2N2CCN(C)CC2)c1C. The second kappa shape index (κ2) is 7.46. The number of carbonyl (C=O) groups excluding carboxylic acids is 1. The Hall–Kier alpha value is -2.04. The number of nitrogens with zero attached hydrogens (tertiary/aromatic N) is 2. The molecular formula is C20H24ClN3O. The summed E-state index contributed by atoms with van der Waals surface area (Å²) in [7, 11) is 2.13. The van der Waals surface area contributed by atoms with Gasteiger partial charge in [-0.3, -0.25) is 4.79 Å². The number of hydrogen-bond acceptors (Lipinski definition) is 3. The second-order valence-electron chi connectivity index (χ2n) is 6.65. The summed E-state index contributed by atoms with van der Waals surface area (Å²) in [4.78, 5) is 17.4. The minimum Gasteiger partial charge on any atom is -0.367 e. The lowest BCUT2D eigenvalue weighted by molar-refractivity contribution is 0.102. The average Bonchev–Trinajstić information content (AvgIpc) is 2.58. The van der Waals surface area contributed by atoms with Gasteiger partial charge in [0.15, 0.2) is 0 Å².